The van der Waals surface area contributed by atoms with Crippen molar-refractivity contribution < 1.29 is 0 Å². The molecule has 4 heteroatoms. The maximum absolute atomic E-state index is 5.51. The van der Waals surface area contributed by atoms with Crippen LogP contribution in [0, 0.1) is 0 Å². The highest BCUT2D eigenvalue weighted by molar-refractivity contribution is 9.10. The molecule has 0 radical (unpaired) electrons. The van der Waals surface area contributed by atoms with E-state index in [1.54, 1.807) is 11.3 Å². The molecule has 0 bridgehead atoms. The third kappa shape index (κ3) is 4.09. The molecule has 80 valence electrons. The molecule has 2 nitrogen and oxygen atoms in total. The Kier molecular flexibility index (Phi) is 5.70. The van der Waals surface area contributed by atoms with Crippen LogP contribution in [-0.2, 0) is 6.42 Å². The van der Waals surface area contributed by atoms with Gasteiger partial charge in [-0.05, 0) is 34.8 Å². The Bertz CT molecular complexity index is 262. The van der Waals surface area contributed by atoms with Gasteiger partial charge in [-0.3, -0.25) is 11.3 Å². The Morgan fingerprint density at radius 2 is 2.43 bits per heavy atom. The summed E-state index contributed by atoms with van der Waals surface area (Å²) >= 11 is 5.24. The number of nitrogens with one attached hydrogen (secondary N) is 1. The maximum atomic E-state index is 5.51. The fourth-order valence-electron chi connectivity index (χ4n) is 1.40. The van der Waals surface area contributed by atoms with Crippen molar-refractivity contribution in [3.05, 3.63) is 20.8 Å². The van der Waals surface area contributed by atoms with Crippen molar-refractivity contribution in [2.24, 2.45) is 5.84 Å². The van der Waals surface area contributed by atoms with Crippen molar-refractivity contribution in [1.82, 2.24) is 5.43 Å². The Labute approximate surface area is 98.0 Å². The topological polar surface area (TPSA) is 38.0 Å². The summed E-state index contributed by atoms with van der Waals surface area (Å²) in [4.78, 5) is 1.39. The minimum absolute atomic E-state index is 0.417. The fourth-order valence-corrected chi connectivity index (χ4v) is 2.93. The maximum Gasteiger partial charge on any atom is 0.0285 e. The number of halogens is 1. The Balaban J connectivity index is 2.40. The molecule has 1 rings (SSSR count). The quantitative estimate of drug-likeness (QED) is 0.619. The first-order valence-electron chi connectivity index (χ1n) is 4.95. The summed E-state index contributed by atoms with van der Waals surface area (Å²) in [5, 5.41) is 2.11. The number of nitrogens with two attached hydrogens (primary N) is 1. The molecule has 1 heterocycles. The molecule has 1 atom stereocenters. The molecule has 0 saturated carbocycles. The van der Waals surface area contributed by atoms with Gasteiger partial charge in [0.05, 0.1) is 0 Å². The Morgan fingerprint density at radius 1 is 1.64 bits per heavy atom. The van der Waals surface area contributed by atoms with E-state index < -0.39 is 0 Å². The van der Waals surface area contributed by atoms with Crippen LogP contribution in [0.3, 0.4) is 0 Å². The summed E-state index contributed by atoms with van der Waals surface area (Å²) < 4.78 is 1.17. The summed E-state index contributed by atoms with van der Waals surface area (Å²) in [5.74, 6) is 5.51. The van der Waals surface area contributed by atoms with Crippen LogP contribution in [0.2, 0.25) is 0 Å². The molecular formula is C10H17BrN2S. The normalized spacial score (nSPS) is 13.1. The average Bonchev–Trinajstić information content (AvgIpc) is 2.58. The first-order valence-corrected chi connectivity index (χ1v) is 6.62. The molecule has 3 N–H and O–H groups in total. The summed E-state index contributed by atoms with van der Waals surface area (Å²) in [5.41, 5.74) is 2.89. The summed E-state index contributed by atoms with van der Waals surface area (Å²) in [6.07, 6.45) is 4.66. The predicted octanol–water partition coefficient (Wildman–Crippen LogP) is 3.08. The highest BCUT2D eigenvalue weighted by Crippen LogP contribution is 2.21. The van der Waals surface area contributed by atoms with Gasteiger partial charge in [0.15, 0.2) is 0 Å². The van der Waals surface area contributed by atoms with E-state index in [4.69, 9.17) is 5.84 Å². The van der Waals surface area contributed by atoms with Gasteiger partial charge < -0.3 is 0 Å². The van der Waals surface area contributed by atoms with Crippen LogP contribution in [0.15, 0.2) is 15.9 Å². The largest absolute Gasteiger partial charge is 0.271 e. The minimum atomic E-state index is 0.417. The molecule has 1 unspecified atom stereocenters. The zero-order chi connectivity index (χ0) is 10.4. The van der Waals surface area contributed by atoms with E-state index in [-0.39, 0.29) is 0 Å². The van der Waals surface area contributed by atoms with E-state index in [9.17, 15) is 0 Å². The van der Waals surface area contributed by atoms with Gasteiger partial charge in [-0.15, -0.1) is 11.3 Å². The third-order valence-corrected chi connectivity index (χ3v) is 3.93. The first-order chi connectivity index (χ1) is 6.76. The van der Waals surface area contributed by atoms with Gasteiger partial charge in [0, 0.05) is 20.8 Å². The molecule has 0 fully saturated rings. The van der Waals surface area contributed by atoms with Gasteiger partial charge in [-0.25, -0.2) is 0 Å². The Morgan fingerprint density at radius 3 is 2.93 bits per heavy atom. The zero-order valence-corrected chi connectivity index (χ0v) is 10.8. The lowest BCUT2D eigenvalue weighted by atomic mass is 10.1. The number of hydrazine groups is 1. The van der Waals surface area contributed by atoms with Crippen LogP contribution < -0.4 is 11.3 Å². The van der Waals surface area contributed by atoms with Crippen LogP contribution >= 0.6 is 27.3 Å². The van der Waals surface area contributed by atoms with Gasteiger partial charge in [0.2, 0.25) is 0 Å². The molecule has 0 spiro atoms. The van der Waals surface area contributed by atoms with Crippen LogP contribution in [0.5, 0.6) is 0 Å². The number of unbranched alkanes of at least 4 members (excludes halogenated alkanes) is 1. The van der Waals surface area contributed by atoms with Gasteiger partial charge >= 0.3 is 0 Å². The fraction of sp³-hybridized carbons (Fsp3) is 0.600. The zero-order valence-electron chi connectivity index (χ0n) is 8.42. The highest BCUT2D eigenvalue weighted by atomic mass is 79.9. The van der Waals surface area contributed by atoms with Crippen LogP contribution in [0.25, 0.3) is 0 Å². The van der Waals surface area contributed by atoms with Crippen molar-refractivity contribution in [3.63, 3.8) is 0 Å². The van der Waals surface area contributed by atoms with Crippen molar-refractivity contribution in [2.75, 3.05) is 0 Å². The van der Waals surface area contributed by atoms with Crippen LogP contribution in [0.1, 0.15) is 31.1 Å². The summed E-state index contributed by atoms with van der Waals surface area (Å²) in [7, 11) is 0. The lowest BCUT2D eigenvalue weighted by molar-refractivity contribution is 0.476. The van der Waals surface area contributed by atoms with Crippen molar-refractivity contribution in [3.8, 4) is 0 Å². The summed E-state index contributed by atoms with van der Waals surface area (Å²) in [6, 6.07) is 2.58. The molecule has 1 aromatic heterocycles. The predicted molar refractivity (Wildman–Crippen MR) is 66.4 cm³/mol. The van der Waals surface area contributed by atoms with E-state index in [0.29, 0.717) is 6.04 Å². The van der Waals surface area contributed by atoms with Crippen molar-refractivity contribution in [1.29, 1.82) is 0 Å². The molecule has 0 aromatic carbocycles. The molecule has 0 amide bonds. The second-order valence-corrected chi connectivity index (χ2v) is 5.35. The number of rotatable bonds is 6. The molecule has 0 aliphatic heterocycles. The average molecular weight is 277 g/mol. The highest BCUT2D eigenvalue weighted by Gasteiger charge is 2.08. The smallest absolute Gasteiger partial charge is 0.0285 e. The Hall–Kier alpha value is 0.1000. The van der Waals surface area contributed by atoms with Gasteiger partial charge in [-0.2, -0.15) is 0 Å². The van der Waals surface area contributed by atoms with Gasteiger partial charge in [-0.1, -0.05) is 19.8 Å². The van der Waals surface area contributed by atoms with Crippen LogP contribution in [-0.4, -0.2) is 6.04 Å². The van der Waals surface area contributed by atoms with E-state index in [1.165, 1.54) is 22.2 Å². The molecular weight excluding hydrogens is 260 g/mol. The number of hydrogen-bond donors (Lipinski definition) is 2. The van der Waals surface area contributed by atoms with Gasteiger partial charge in [0.1, 0.15) is 0 Å². The number of hydrogen-bond acceptors (Lipinski definition) is 3. The van der Waals surface area contributed by atoms with E-state index in [1.807, 2.05) is 0 Å². The van der Waals surface area contributed by atoms with Crippen molar-refractivity contribution >= 4 is 27.3 Å². The molecule has 0 aliphatic rings. The van der Waals surface area contributed by atoms with Crippen molar-refractivity contribution in [2.45, 2.75) is 38.6 Å². The second kappa shape index (κ2) is 6.56. The molecule has 14 heavy (non-hydrogen) atoms. The molecule has 1 aromatic rings. The van der Waals surface area contributed by atoms with Gasteiger partial charge in [0.25, 0.3) is 0 Å². The SMILES string of the molecule is CCCCC(Cc1cc(Br)cs1)NN. The lowest BCUT2D eigenvalue weighted by Crippen LogP contribution is -2.36. The lowest BCUT2D eigenvalue weighted by Gasteiger charge is -2.13. The van der Waals surface area contributed by atoms with E-state index >= 15 is 0 Å². The second-order valence-electron chi connectivity index (χ2n) is 3.44. The minimum Gasteiger partial charge on any atom is -0.271 e. The molecule has 0 saturated heterocycles. The molecule has 0 aliphatic carbocycles. The number of thiophene rings is 1. The monoisotopic (exact) mass is 276 g/mol. The van der Waals surface area contributed by atoms with Crippen LogP contribution in [0.4, 0.5) is 0 Å². The standard InChI is InChI=1S/C10H17BrN2S/c1-2-3-4-9(13-12)6-10-5-8(11)7-14-10/h5,7,9,13H,2-4,6,12H2,1H3. The third-order valence-electron chi connectivity index (χ3n) is 2.21. The van der Waals surface area contributed by atoms with E-state index in [2.05, 4.69) is 39.7 Å². The first kappa shape index (κ1) is 12.2. The van der Waals surface area contributed by atoms with E-state index in [0.717, 1.165) is 12.8 Å². The summed E-state index contributed by atoms with van der Waals surface area (Å²) in [6.45, 7) is 2.20.